The highest BCUT2D eigenvalue weighted by Gasteiger charge is 2.29. The van der Waals surface area contributed by atoms with Gasteiger partial charge < -0.3 is 29.3 Å². The Morgan fingerprint density at radius 1 is 0.714 bits per heavy atom. The van der Waals surface area contributed by atoms with Crippen molar-refractivity contribution in [3.63, 3.8) is 0 Å². The Hall–Kier alpha value is -7.31. The monoisotopic (exact) mass is 906 g/mol. The van der Waals surface area contributed by atoms with Crippen molar-refractivity contribution in [2.24, 2.45) is 0 Å². The minimum absolute atomic E-state index is 0.206. The first-order chi connectivity index (χ1) is 30.0. The molecule has 0 bridgehead atoms. The van der Waals surface area contributed by atoms with E-state index in [0.29, 0.717) is 66.2 Å². The molecular weight excluding hydrogens is 871 g/mol. The van der Waals surface area contributed by atoms with Gasteiger partial charge in [0.15, 0.2) is 0 Å². The maximum atomic E-state index is 11.5. The lowest BCUT2D eigenvalue weighted by Crippen LogP contribution is -2.28. The summed E-state index contributed by atoms with van der Waals surface area (Å²) < 4.78 is 17.0. The summed E-state index contributed by atoms with van der Waals surface area (Å²) >= 11 is 17.1. The first-order valence-corrected chi connectivity index (χ1v) is 19.7. The molecule has 0 saturated heterocycles. The van der Waals surface area contributed by atoms with Crippen LogP contribution in [-0.4, -0.2) is 48.9 Å². The molecule has 3 N–H and O–H groups in total. The van der Waals surface area contributed by atoms with E-state index in [9.17, 15) is 14.7 Å². The third kappa shape index (κ3) is 12.9. The molecule has 63 heavy (non-hydrogen) atoms. The molecule has 6 aromatic rings. The van der Waals surface area contributed by atoms with E-state index in [4.69, 9.17) is 60.4 Å². The van der Waals surface area contributed by atoms with Crippen LogP contribution in [0.1, 0.15) is 73.8 Å². The number of carbonyl (C=O) groups is 2. The quantitative estimate of drug-likeness (QED) is 0.0625. The van der Waals surface area contributed by atoms with Crippen LogP contribution in [0.15, 0.2) is 81.6 Å². The third-order valence-electron chi connectivity index (χ3n) is 8.83. The van der Waals surface area contributed by atoms with Gasteiger partial charge in [-0.15, -0.1) is 20.4 Å². The van der Waals surface area contributed by atoms with Crippen molar-refractivity contribution in [2.45, 2.75) is 65.8 Å². The van der Waals surface area contributed by atoms with Crippen LogP contribution in [0.5, 0.6) is 0 Å². The number of ether oxygens (including phenoxy) is 1. The van der Waals surface area contributed by atoms with Gasteiger partial charge in [0, 0.05) is 36.3 Å². The molecule has 0 aliphatic heterocycles. The van der Waals surface area contributed by atoms with Gasteiger partial charge in [-0.05, 0) is 111 Å². The van der Waals surface area contributed by atoms with Crippen molar-refractivity contribution in [1.29, 1.82) is 10.5 Å². The second kappa shape index (κ2) is 22.5. The standard InChI is InChI=1S/C22H18ClN5O3.C20H16ClN5O2.C2H3ClO/c1-12-17(9-10-18(25-4)19(12)23)26-20(13(2)30-14(3)29)22-28-27-21(31-22)16-7-5-15(11-24)6-8-16;1-11-15(8-9-16(23-3)17(11)21)24-18(12(2)27)20-26-25-19(28-20)14-6-4-13(10-22)5-7-14;1-2(3)4/h5-10,13,20,26H,1-3H3;4-9,12,18,24,27H,1-2H3;1H3/t13-,20+;12-,18+;/m00./s1. The second-order valence-corrected chi connectivity index (χ2v) is 14.7. The Morgan fingerprint density at radius 3 is 1.44 bits per heavy atom. The summed E-state index contributed by atoms with van der Waals surface area (Å²) in [7, 11) is 0. The molecule has 6 rings (SSSR count). The maximum Gasteiger partial charge on any atom is 0.302 e. The summed E-state index contributed by atoms with van der Waals surface area (Å²) in [5, 5.41) is 51.1. The first-order valence-electron chi connectivity index (χ1n) is 18.6. The number of anilines is 2. The van der Waals surface area contributed by atoms with E-state index in [1.807, 2.05) is 0 Å². The molecule has 4 aromatic carbocycles. The fraction of sp³-hybridized carbons (Fsp3) is 0.227. The van der Waals surface area contributed by atoms with E-state index in [1.165, 1.54) is 13.8 Å². The van der Waals surface area contributed by atoms with Crippen LogP contribution in [0.3, 0.4) is 0 Å². The number of hydrogen-bond acceptors (Lipinski definition) is 14. The summed E-state index contributed by atoms with van der Waals surface area (Å²) in [5.41, 5.74) is 5.72. The highest BCUT2D eigenvalue weighted by Crippen LogP contribution is 2.37. The highest BCUT2D eigenvalue weighted by molar-refractivity contribution is 6.62. The highest BCUT2D eigenvalue weighted by atomic mass is 35.5. The molecule has 0 saturated carbocycles. The summed E-state index contributed by atoms with van der Waals surface area (Å²) in [5.74, 6) is 0.505. The number of nitriles is 2. The van der Waals surface area contributed by atoms with Crippen LogP contribution in [-0.2, 0) is 14.3 Å². The van der Waals surface area contributed by atoms with Crippen molar-refractivity contribution in [1.82, 2.24) is 20.4 Å². The van der Waals surface area contributed by atoms with E-state index in [0.717, 1.165) is 0 Å². The van der Waals surface area contributed by atoms with Gasteiger partial charge in [-0.3, -0.25) is 9.59 Å². The zero-order valence-corrected chi connectivity index (χ0v) is 36.7. The zero-order valence-electron chi connectivity index (χ0n) is 34.4. The minimum atomic E-state index is -0.840. The lowest BCUT2D eigenvalue weighted by molar-refractivity contribution is -0.146. The van der Waals surface area contributed by atoms with Crippen molar-refractivity contribution in [3.05, 3.63) is 140 Å². The number of benzene rings is 4. The van der Waals surface area contributed by atoms with E-state index < -0.39 is 30.3 Å². The molecule has 19 heteroatoms. The van der Waals surface area contributed by atoms with Gasteiger partial charge in [-0.1, -0.05) is 35.3 Å². The van der Waals surface area contributed by atoms with Crippen molar-refractivity contribution in [3.8, 4) is 35.0 Å². The van der Waals surface area contributed by atoms with E-state index in [1.54, 1.807) is 100 Å². The van der Waals surface area contributed by atoms with Gasteiger partial charge >= 0.3 is 5.97 Å². The molecule has 0 aliphatic carbocycles. The first kappa shape index (κ1) is 48.4. The topological polar surface area (TPSA) is 222 Å². The second-order valence-electron chi connectivity index (χ2n) is 13.4. The minimum Gasteiger partial charge on any atom is -0.460 e. The summed E-state index contributed by atoms with van der Waals surface area (Å²) in [6.07, 6.45) is -1.49. The Morgan fingerprint density at radius 2 is 1.10 bits per heavy atom. The van der Waals surface area contributed by atoms with Gasteiger partial charge in [0.2, 0.25) is 40.2 Å². The summed E-state index contributed by atoms with van der Waals surface area (Å²) in [4.78, 5) is 27.5. The zero-order chi connectivity index (χ0) is 46.4. The number of esters is 1. The molecule has 0 radical (unpaired) electrons. The van der Waals surface area contributed by atoms with Crippen LogP contribution < -0.4 is 10.6 Å². The molecule has 0 aliphatic rings. The Kier molecular flexibility index (Phi) is 17.3. The largest absolute Gasteiger partial charge is 0.460 e. The Bertz CT molecular complexity index is 2740. The van der Waals surface area contributed by atoms with E-state index in [-0.39, 0.29) is 28.8 Å². The number of nitrogens with one attached hydrogen (secondary N) is 2. The van der Waals surface area contributed by atoms with E-state index in [2.05, 4.69) is 64.5 Å². The Balaban J connectivity index is 0.000000256. The molecule has 2 heterocycles. The molecule has 2 aromatic heterocycles. The van der Waals surface area contributed by atoms with Crippen LogP contribution in [0.4, 0.5) is 22.7 Å². The van der Waals surface area contributed by atoms with Crippen molar-refractivity contribution < 1.29 is 28.3 Å². The van der Waals surface area contributed by atoms with Gasteiger partial charge in [0.25, 0.3) is 0 Å². The SMILES string of the molecule is CC(=O)Cl.[C-]#[N+]c1ccc(N[C@@H](c2nnc(-c3ccc(C#N)cc3)o2)[C@H](C)O)c(C)c1Cl.[C-]#[N+]c1ccc(N[C@@H](c2nnc(-c3ccc(C#N)cc3)o2)[C@H](C)OC(C)=O)c(C)c1Cl. The molecule has 0 amide bonds. The number of halogens is 3. The number of aliphatic hydroxyl groups excluding tert-OH is 1. The normalized spacial score (nSPS) is 12.1. The molecule has 0 unspecified atom stereocenters. The maximum absolute atomic E-state index is 11.5. The molecule has 4 atom stereocenters. The fourth-order valence-electron chi connectivity index (χ4n) is 5.59. The van der Waals surface area contributed by atoms with Crippen LogP contribution in [0.25, 0.3) is 32.6 Å². The lowest BCUT2D eigenvalue weighted by atomic mass is 10.1. The number of aliphatic hydroxyl groups is 1. The van der Waals surface area contributed by atoms with Gasteiger partial charge in [-0.25, -0.2) is 9.69 Å². The van der Waals surface area contributed by atoms with Gasteiger partial charge in [0.1, 0.15) is 18.2 Å². The lowest BCUT2D eigenvalue weighted by Gasteiger charge is -2.24. The number of carbonyl (C=O) groups excluding carboxylic acids is 2. The van der Waals surface area contributed by atoms with Gasteiger partial charge in [-0.2, -0.15) is 10.5 Å². The van der Waals surface area contributed by atoms with Crippen molar-refractivity contribution >= 4 is 68.8 Å². The predicted octanol–water partition coefficient (Wildman–Crippen LogP) is 10.7. The third-order valence-corrected chi connectivity index (χ3v) is 9.79. The van der Waals surface area contributed by atoms with Crippen LogP contribution >= 0.6 is 34.8 Å². The molecule has 0 spiro atoms. The smallest absolute Gasteiger partial charge is 0.302 e. The molecular formula is C44H37Cl3N10O6. The number of aromatic nitrogens is 4. The average Bonchev–Trinajstić information content (AvgIpc) is 3.96. The van der Waals surface area contributed by atoms with Crippen molar-refractivity contribution in [2.75, 3.05) is 10.6 Å². The summed E-state index contributed by atoms with van der Waals surface area (Å²) in [6.45, 7) is 23.8. The number of rotatable bonds is 11. The Labute approximate surface area is 377 Å². The fourth-order valence-corrected chi connectivity index (χ4v) is 6.00. The number of nitrogens with zero attached hydrogens (tertiary/aromatic N) is 8. The van der Waals surface area contributed by atoms with E-state index >= 15 is 0 Å². The van der Waals surface area contributed by atoms with Gasteiger partial charge in [0.05, 0.1) is 52.6 Å². The van der Waals surface area contributed by atoms with Crippen LogP contribution in [0.2, 0.25) is 10.0 Å². The van der Waals surface area contributed by atoms with Crippen LogP contribution in [0, 0.1) is 49.7 Å². The summed E-state index contributed by atoms with van der Waals surface area (Å²) in [6, 6.07) is 22.9. The molecule has 320 valence electrons. The average molecular weight is 908 g/mol. The predicted molar refractivity (Wildman–Crippen MR) is 236 cm³/mol. The molecule has 16 nitrogen and oxygen atoms in total. The number of hydrogen-bond donors (Lipinski definition) is 3. The molecule has 0 fully saturated rings.